The van der Waals surface area contributed by atoms with Crippen LogP contribution in [-0.2, 0) is 32.9 Å². The second-order valence-electron chi connectivity index (χ2n) is 9.25. The molecule has 2 aliphatic rings. The van der Waals surface area contributed by atoms with Gasteiger partial charge in [0.25, 0.3) is 5.91 Å². The first kappa shape index (κ1) is 25.8. The third-order valence-electron chi connectivity index (χ3n) is 6.81. The number of amides is 5. The molecule has 11 heteroatoms. The SMILES string of the molecule is CNC(=O)Nc1ccc2c(c1)CC[C@@]21OC(=O)N(CC(=O)N(Cc2ccc(F)cc2)c2cccc(F)c2)C1=O. The third-order valence-corrected chi connectivity index (χ3v) is 6.81. The lowest BCUT2D eigenvalue weighted by Crippen LogP contribution is -2.44. The van der Waals surface area contributed by atoms with E-state index in [2.05, 4.69) is 10.6 Å². The van der Waals surface area contributed by atoms with E-state index in [9.17, 15) is 28.0 Å². The van der Waals surface area contributed by atoms with Gasteiger partial charge < -0.3 is 20.3 Å². The molecule has 200 valence electrons. The second-order valence-corrected chi connectivity index (χ2v) is 9.25. The fourth-order valence-corrected chi connectivity index (χ4v) is 4.88. The van der Waals surface area contributed by atoms with E-state index in [1.54, 1.807) is 18.2 Å². The molecule has 0 unspecified atom stereocenters. The number of imide groups is 1. The van der Waals surface area contributed by atoms with Crippen LogP contribution >= 0.6 is 0 Å². The molecule has 1 fully saturated rings. The van der Waals surface area contributed by atoms with Gasteiger partial charge in [-0.05, 0) is 60.0 Å². The Balaban J connectivity index is 1.39. The van der Waals surface area contributed by atoms with Crippen molar-refractivity contribution in [1.29, 1.82) is 0 Å². The molecule has 1 aliphatic carbocycles. The molecule has 1 aliphatic heterocycles. The minimum atomic E-state index is -1.57. The van der Waals surface area contributed by atoms with Gasteiger partial charge in [-0.15, -0.1) is 0 Å². The summed E-state index contributed by atoms with van der Waals surface area (Å²) in [6.45, 7) is -0.683. The zero-order valence-corrected chi connectivity index (χ0v) is 20.9. The first-order chi connectivity index (χ1) is 18.7. The van der Waals surface area contributed by atoms with Crippen LogP contribution < -0.4 is 15.5 Å². The summed E-state index contributed by atoms with van der Waals surface area (Å²) >= 11 is 0. The molecule has 5 amide bonds. The standard InChI is InChI=1S/C28H24F2N4O5/c1-31-26(37)32-21-9-10-23-18(13-21)11-12-28(23)25(36)34(27(38)39-28)16-24(35)33(22-4-2-3-20(30)14-22)15-17-5-7-19(29)8-6-17/h2-10,13-14H,11-12,15-16H2,1H3,(H2,31,32,37)/t28-/m1/s1. The minimum absolute atomic E-state index is 0.0469. The summed E-state index contributed by atoms with van der Waals surface area (Å²) in [6, 6.07) is 15.3. The van der Waals surface area contributed by atoms with E-state index in [1.807, 2.05) is 0 Å². The highest BCUT2D eigenvalue weighted by Gasteiger charge is 2.58. The van der Waals surface area contributed by atoms with E-state index in [1.165, 1.54) is 54.4 Å². The molecule has 9 nitrogen and oxygen atoms in total. The van der Waals surface area contributed by atoms with Crippen molar-refractivity contribution in [2.24, 2.45) is 0 Å². The summed E-state index contributed by atoms with van der Waals surface area (Å²) in [7, 11) is 1.49. The number of nitrogens with one attached hydrogen (secondary N) is 2. The van der Waals surface area contributed by atoms with Gasteiger partial charge in [0.1, 0.15) is 18.2 Å². The Labute approximate surface area is 222 Å². The van der Waals surface area contributed by atoms with Gasteiger partial charge in [0.05, 0.1) is 6.54 Å². The average molecular weight is 535 g/mol. The van der Waals surface area contributed by atoms with Crippen LogP contribution in [0.2, 0.25) is 0 Å². The molecule has 1 saturated heterocycles. The van der Waals surface area contributed by atoms with Crippen molar-refractivity contribution in [1.82, 2.24) is 10.2 Å². The van der Waals surface area contributed by atoms with Crippen molar-refractivity contribution in [3.05, 3.63) is 95.1 Å². The molecule has 5 rings (SSSR count). The predicted octanol–water partition coefficient (Wildman–Crippen LogP) is 4.07. The van der Waals surface area contributed by atoms with Crippen LogP contribution in [0, 0.1) is 11.6 Å². The van der Waals surface area contributed by atoms with Gasteiger partial charge in [0.15, 0.2) is 0 Å². The van der Waals surface area contributed by atoms with E-state index in [4.69, 9.17) is 4.74 Å². The molecule has 0 aromatic heterocycles. The smallest absolute Gasteiger partial charge is 0.418 e. The molecule has 0 saturated carbocycles. The Hall–Kier alpha value is -4.80. The number of benzene rings is 3. The van der Waals surface area contributed by atoms with Gasteiger partial charge in [0.2, 0.25) is 11.5 Å². The van der Waals surface area contributed by atoms with Crippen molar-refractivity contribution >= 4 is 35.3 Å². The molecular formula is C28H24F2N4O5. The number of hydrogen-bond acceptors (Lipinski definition) is 5. The number of carbonyl (C=O) groups is 4. The van der Waals surface area contributed by atoms with E-state index >= 15 is 0 Å². The van der Waals surface area contributed by atoms with Crippen LogP contribution in [0.1, 0.15) is 23.1 Å². The number of anilines is 2. The van der Waals surface area contributed by atoms with E-state index in [-0.39, 0.29) is 18.7 Å². The van der Waals surface area contributed by atoms with Gasteiger partial charge in [-0.3, -0.25) is 9.59 Å². The first-order valence-electron chi connectivity index (χ1n) is 12.2. The van der Waals surface area contributed by atoms with Crippen molar-refractivity contribution in [2.75, 3.05) is 23.8 Å². The monoisotopic (exact) mass is 534 g/mol. The summed E-state index contributed by atoms with van der Waals surface area (Å²) < 4.78 is 33.0. The lowest BCUT2D eigenvalue weighted by molar-refractivity contribution is -0.139. The van der Waals surface area contributed by atoms with Crippen LogP contribution in [0.5, 0.6) is 0 Å². The summed E-state index contributed by atoms with van der Waals surface area (Å²) in [4.78, 5) is 53.6. The number of halogens is 2. The predicted molar refractivity (Wildman–Crippen MR) is 137 cm³/mol. The number of ether oxygens (including phenoxy) is 1. The molecule has 3 aromatic carbocycles. The first-order valence-corrected chi connectivity index (χ1v) is 12.2. The topological polar surface area (TPSA) is 108 Å². The lowest BCUT2D eigenvalue weighted by atomic mass is 9.94. The van der Waals surface area contributed by atoms with Crippen molar-refractivity contribution in [3.8, 4) is 0 Å². The molecule has 0 radical (unpaired) electrons. The van der Waals surface area contributed by atoms with Gasteiger partial charge >= 0.3 is 12.1 Å². The fourth-order valence-electron chi connectivity index (χ4n) is 4.88. The highest BCUT2D eigenvalue weighted by Crippen LogP contribution is 2.46. The van der Waals surface area contributed by atoms with Gasteiger partial charge in [-0.25, -0.2) is 23.3 Å². The molecule has 1 atom stereocenters. The average Bonchev–Trinajstić information content (AvgIpc) is 3.39. The quantitative estimate of drug-likeness (QED) is 0.496. The molecule has 2 N–H and O–H groups in total. The molecule has 39 heavy (non-hydrogen) atoms. The summed E-state index contributed by atoms with van der Waals surface area (Å²) in [5, 5.41) is 5.11. The highest BCUT2D eigenvalue weighted by atomic mass is 19.1. The number of urea groups is 1. The number of aryl methyl sites for hydroxylation is 1. The van der Waals surface area contributed by atoms with Gasteiger partial charge in [-0.2, -0.15) is 0 Å². The molecule has 0 bridgehead atoms. The Bertz CT molecular complexity index is 1480. The Kier molecular flexibility index (Phi) is 6.73. The zero-order valence-electron chi connectivity index (χ0n) is 20.9. The van der Waals surface area contributed by atoms with E-state index < -0.39 is 47.7 Å². The maximum absolute atomic E-state index is 14.0. The Morgan fingerprint density at radius 1 is 1.03 bits per heavy atom. The number of nitrogens with zero attached hydrogens (tertiary/aromatic N) is 2. The number of hydrogen-bond donors (Lipinski definition) is 2. The maximum atomic E-state index is 14.0. The highest BCUT2D eigenvalue weighted by molar-refractivity contribution is 6.08. The van der Waals surface area contributed by atoms with E-state index in [0.717, 1.165) is 16.5 Å². The lowest BCUT2D eigenvalue weighted by Gasteiger charge is -2.25. The van der Waals surface area contributed by atoms with Crippen LogP contribution in [-0.4, -0.2) is 42.4 Å². The number of rotatable bonds is 6. The summed E-state index contributed by atoms with van der Waals surface area (Å²) in [5.41, 5.74) is 0.940. The molecular weight excluding hydrogens is 510 g/mol. The van der Waals surface area contributed by atoms with Crippen LogP contribution in [0.25, 0.3) is 0 Å². The third kappa shape index (κ3) is 4.90. The minimum Gasteiger partial charge on any atom is -0.427 e. The van der Waals surface area contributed by atoms with Crippen molar-refractivity contribution < 1.29 is 32.7 Å². The molecule has 1 heterocycles. The van der Waals surface area contributed by atoms with Gasteiger partial charge in [0, 0.05) is 30.4 Å². The largest absolute Gasteiger partial charge is 0.427 e. The summed E-state index contributed by atoms with van der Waals surface area (Å²) in [5.74, 6) is -2.36. The normalized spacial score (nSPS) is 17.7. The maximum Gasteiger partial charge on any atom is 0.418 e. The van der Waals surface area contributed by atoms with Gasteiger partial charge in [-0.1, -0.05) is 24.3 Å². The van der Waals surface area contributed by atoms with Crippen molar-refractivity contribution in [2.45, 2.75) is 25.0 Å². The number of carbonyl (C=O) groups excluding carboxylic acids is 4. The zero-order chi connectivity index (χ0) is 27.7. The van der Waals surface area contributed by atoms with Crippen LogP contribution in [0.4, 0.5) is 29.7 Å². The summed E-state index contributed by atoms with van der Waals surface area (Å²) in [6.07, 6.45) is -0.362. The van der Waals surface area contributed by atoms with E-state index in [0.29, 0.717) is 23.2 Å². The Morgan fingerprint density at radius 2 is 1.79 bits per heavy atom. The second kappa shape index (κ2) is 10.2. The van der Waals surface area contributed by atoms with Crippen LogP contribution in [0.3, 0.4) is 0 Å². The number of fused-ring (bicyclic) bond motifs is 2. The van der Waals surface area contributed by atoms with Crippen LogP contribution in [0.15, 0.2) is 66.7 Å². The Morgan fingerprint density at radius 3 is 2.51 bits per heavy atom. The fraction of sp³-hybridized carbons (Fsp3) is 0.214. The van der Waals surface area contributed by atoms with Crippen molar-refractivity contribution in [3.63, 3.8) is 0 Å². The molecule has 3 aromatic rings. The molecule has 1 spiro atoms.